The van der Waals surface area contributed by atoms with Gasteiger partial charge in [0.15, 0.2) is 0 Å². The number of carboxylic acids is 1. The van der Waals surface area contributed by atoms with Crippen LogP contribution in [0.15, 0.2) is 30.3 Å². The van der Waals surface area contributed by atoms with Crippen molar-refractivity contribution >= 4 is 11.7 Å². The van der Waals surface area contributed by atoms with Crippen molar-refractivity contribution in [2.45, 2.75) is 0 Å². The van der Waals surface area contributed by atoms with Crippen LogP contribution in [0.3, 0.4) is 0 Å². The zero-order valence-corrected chi connectivity index (χ0v) is 13.0. The third-order valence-electron chi connectivity index (χ3n) is 1.21. The van der Waals surface area contributed by atoms with Gasteiger partial charge in [0.05, 0.1) is 12.5 Å². The van der Waals surface area contributed by atoms with E-state index >= 15 is 0 Å². The van der Waals surface area contributed by atoms with Gasteiger partial charge in [0.25, 0.3) is 0 Å². The molecule has 3 nitrogen and oxygen atoms in total. The van der Waals surface area contributed by atoms with E-state index in [-0.39, 0.29) is 88.9 Å². The Morgan fingerprint density at radius 3 is 2.38 bits per heavy atom. The number of nitrogens with one attached hydrogen (secondary N) is 1. The van der Waals surface area contributed by atoms with Crippen LogP contribution in [0.4, 0.5) is 5.69 Å². The minimum atomic E-state index is -1.10. The maximum absolute atomic E-state index is 10.00. The summed E-state index contributed by atoms with van der Waals surface area (Å²) in [7, 11) is 0. The first-order valence-electron chi connectivity index (χ1n) is 3.28. The maximum atomic E-state index is 10.00. The van der Waals surface area contributed by atoms with Crippen molar-refractivity contribution in [2.75, 3.05) is 11.9 Å². The quantitative estimate of drug-likeness (QED) is 0.509. The van der Waals surface area contributed by atoms with Gasteiger partial charge in [-0.3, -0.25) is 0 Å². The summed E-state index contributed by atoms with van der Waals surface area (Å²) in [6.45, 7) is -0.149. The Bertz CT molecular complexity index is 248. The first-order valence-corrected chi connectivity index (χ1v) is 3.28. The zero-order chi connectivity index (χ0) is 8.10. The summed E-state index contributed by atoms with van der Waals surface area (Å²) in [6.07, 6.45) is 0. The zero-order valence-electron chi connectivity index (χ0n) is 8.91. The van der Waals surface area contributed by atoms with Gasteiger partial charge in [-0.1, -0.05) is 18.2 Å². The van der Waals surface area contributed by atoms with Gasteiger partial charge in [0.2, 0.25) is 0 Å². The molecule has 0 radical (unpaired) electrons. The van der Waals surface area contributed by atoms with Crippen molar-refractivity contribution in [2.24, 2.45) is 0 Å². The Hall–Kier alpha value is 1.13. The second-order valence-corrected chi connectivity index (χ2v) is 2.09. The van der Waals surface area contributed by atoms with E-state index in [9.17, 15) is 9.90 Å². The van der Waals surface area contributed by atoms with Crippen molar-refractivity contribution in [1.82, 2.24) is 0 Å². The normalized spacial score (nSPS) is 7.69. The summed E-state index contributed by atoms with van der Waals surface area (Å²) in [5.74, 6) is -1.10. The van der Waals surface area contributed by atoms with Crippen molar-refractivity contribution in [3.05, 3.63) is 30.3 Å². The Labute approximate surface area is 143 Å². The summed E-state index contributed by atoms with van der Waals surface area (Å²) in [6, 6.07) is 9.12. The topological polar surface area (TPSA) is 52.2 Å². The number of carbonyl (C=O) groups excluding carboxylic acids is 1. The van der Waals surface area contributed by atoms with Crippen LogP contribution in [0.2, 0.25) is 0 Å². The fourth-order valence-corrected chi connectivity index (χ4v) is 0.730. The van der Waals surface area contributed by atoms with Crippen molar-refractivity contribution in [3.63, 3.8) is 0 Å². The molecule has 0 saturated heterocycles. The fourth-order valence-electron chi connectivity index (χ4n) is 0.730. The molecule has 0 aliphatic heterocycles. The third-order valence-corrected chi connectivity index (χ3v) is 1.21. The van der Waals surface area contributed by atoms with E-state index in [4.69, 9.17) is 0 Å². The molecule has 5 heteroatoms. The van der Waals surface area contributed by atoms with Gasteiger partial charge in [-0.25, -0.2) is 0 Å². The Balaban J connectivity index is -0.000000403. The van der Waals surface area contributed by atoms with Crippen LogP contribution in [-0.2, 0) is 4.79 Å². The summed E-state index contributed by atoms with van der Waals surface area (Å²) in [5, 5.41) is 12.7. The number of hydrogen-bond acceptors (Lipinski definition) is 3. The molecule has 0 saturated carbocycles. The number of anilines is 1. The summed E-state index contributed by atoms with van der Waals surface area (Å²) >= 11 is 0. The fraction of sp³-hybridized carbons (Fsp3) is 0.125. The van der Waals surface area contributed by atoms with Crippen LogP contribution in [0.25, 0.3) is 0 Å². The number of rotatable bonds is 3. The van der Waals surface area contributed by atoms with Crippen LogP contribution in [0.5, 0.6) is 0 Å². The minimum absolute atomic E-state index is 0. The van der Waals surface area contributed by atoms with Gasteiger partial charge >= 0.3 is 80.9 Å². The number of hydrogen-bond donors (Lipinski definition) is 1. The van der Waals surface area contributed by atoms with Crippen LogP contribution in [0.1, 0.15) is 1.43 Å². The van der Waals surface area contributed by atoms with E-state index in [0.29, 0.717) is 0 Å². The number of aliphatic carboxylic acids is 1. The molecule has 1 rings (SSSR count). The number of para-hydroxylation sites is 1. The van der Waals surface area contributed by atoms with Crippen molar-refractivity contribution in [1.29, 1.82) is 0 Å². The van der Waals surface area contributed by atoms with Crippen LogP contribution >= 0.6 is 0 Å². The molecule has 0 heterocycles. The van der Waals surface area contributed by atoms with E-state index in [1.807, 2.05) is 18.2 Å². The van der Waals surface area contributed by atoms with Gasteiger partial charge < -0.3 is 16.6 Å². The summed E-state index contributed by atoms with van der Waals surface area (Å²) in [5.41, 5.74) is 0.789. The van der Waals surface area contributed by atoms with E-state index < -0.39 is 5.97 Å². The predicted molar refractivity (Wildman–Crippen MR) is 41.1 cm³/mol. The average molecular weight is 213 g/mol. The molecule has 0 bridgehead atoms. The maximum Gasteiger partial charge on any atom is 1.00 e. The molecule has 0 spiro atoms. The molecule has 0 unspecified atom stereocenters. The van der Waals surface area contributed by atoms with Crippen molar-refractivity contribution < 1.29 is 92.3 Å². The molecule has 0 fully saturated rings. The SMILES string of the molecule is O=C([O-])CNc1ccccc1.[H-].[K+].[Na+]. The molecule has 1 aromatic carbocycles. The molecule has 60 valence electrons. The first kappa shape index (κ1) is 16.6. The standard InChI is InChI=1S/C8H9NO2.K.Na.H/c10-8(11)6-9-7-4-2-1-3-5-7;;;/h1-5,9H,6H2,(H,10,11);;;/q;2*+1;-1/p-1. The molecule has 0 aromatic heterocycles. The number of carboxylic acid groups (broad SMARTS) is 1. The van der Waals surface area contributed by atoms with Gasteiger partial charge in [-0.2, -0.15) is 0 Å². The Morgan fingerprint density at radius 1 is 1.38 bits per heavy atom. The molecule has 0 aliphatic carbocycles. The molecular weight excluding hydrogens is 204 g/mol. The molecule has 0 atom stereocenters. The second kappa shape index (κ2) is 9.67. The van der Waals surface area contributed by atoms with Crippen LogP contribution in [0, 0.1) is 0 Å². The van der Waals surface area contributed by atoms with Gasteiger partial charge in [0.1, 0.15) is 0 Å². The third kappa shape index (κ3) is 8.14. The molecule has 1 N–H and O–H groups in total. The smallest absolute Gasteiger partial charge is 1.00 e. The first-order chi connectivity index (χ1) is 5.29. The van der Waals surface area contributed by atoms with E-state index in [2.05, 4.69) is 5.32 Å². The number of carbonyl (C=O) groups is 1. The van der Waals surface area contributed by atoms with Crippen LogP contribution < -0.4 is 91.4 Å². The van der Waals surface area contributed by atoms with Gasteiger partial charge in [-0.05, 0) is 12.1 Å². The molecule has 1 aromatic rings. The Kier molecular flexibility index (Phi) is 12.3. The summed E-state index contributed by atoms with van der Waals surface area (Å²) < 4.78 is 0. The van der Waals surface area contributed by atoms with Crippen molar-refractivity contribution in [3.8, 4) is 0 Å². The van der Waals surface area contributed by atoms with Gasteiger partial charge in [0, 0.05) is 5.69 Å². The predicted octanol–water partition coefficient (Wildman–Crippen LogP) is -6.03. The monoisotopic (exact) mass is 213 g/mol. The van der Waals surface area contributed by atoms with Crippen LogP contribution in [-0.4, -0.2) is 12.5 Å². The Morgan fingerprint density at radius 2 is 1.92 bits per heavy atom. The van der Waals surface area contributed by atoms with Gasteiger partial charge in [-0.15, -0.1) is 0 Å². The minimum Gasteiger partial charge on any atom is -1.00 e. The second-order valence-electron chi connectivity index (χ2n) is 2.09. The average Bonchev–Trinajstić information content (AvgIpc) is 2.03. The van der Waals surface area contributed by atoms with E-state index in [1.165, 1.54) is 0 Å². The largest absolute Gasteiger partial charge is 1.00 e. The van der Waals surface area contributed by atoms with E-state index in [1.54, 1.807) is 12.1 Å². The summed E-state index contributed by atoms with van der Waals surface area (Å²) in [4.78, 5) is 10.00. The molecule has 0 amide bonds. The molecule has 0 aliphatic rings. The molecular formula is C8H9KNNaO2. The van der Waals surface area contributed by atoms with E-state index in [0.717, 1.165) is 5.69 Å². The molecule has 13 heavy (non-hydrogen) atoms. The number of benzene rings is 1.